The molecule has 3 aromatic rings. The number of carbonyl (C=O) groups is 1. The second-order valence-corrected chi connectivity index (χ2v) is 8.83. The number of para-hydroxylation sites is 1. The highest BCUT2D eigenvalue weighted by atomic mass is 32.1. The minimum absolute atomic E-state index is 0.123. The molecule has 2 heterocycles. The van der Waals surface area contributed by atoms with Crippen LogP contribution in [0.2, 0.25) is 0 Å². The van der Waals surface area contributed by atoms with Gasteiger partial charge in [-0.15, -0.1) is 11.3 Å². The predicted molar refractivity (Wildman–Crippen MR) is 132 cm³/mol. The van der Waals surface area contributed by atoms with E-state index in [2.05, 4.69) is 5.32 Å². The number of ether oxygens (including phenoxy) is 3. The number of β-amino-alcohol motifs (C(OH)–C–C–N with tert-alkyl or cyclic N) is 1. The van der Waals surface area contributed by atoms with Gasteiger partial charge in [-0.2, -0.15) is 0 Å². The van der Waals surface area contributed by atoms with Crippen molar-refractivity contribution in [2.75, 3.05) is 39.3 Å². The van der Waals surface area contributed by atoms with Crippen LogP contribution in [0.3, 0.4) is 0 Å². The maximum absolute atomic E-state index is 13.0. The zero-order valence-corrected chi connectivity index (χ0v) is 20.3. The molecule has 34 heavy (non-hydrogen) atoms. The van der Waals surface area contributed by atoms with Crippen molar-refractivity contribution in [2.45, 2.75) is 25.0 Å². The molecular formula is C25H29N3O5S. The van der Waals surface area contributed by atoms with Gasteiger partial charge in [0.2, 0.25) is 5.91 Å². The third kappa shape index (κ3) is 5.10. The normalized spacial score (nSPS) is 17.5. The fraction of sp³-hybridized carbons (Fsp3) is 0.360. The summed E-state index contributed by atoms with van der Waals surface area (Å²) in [6.45, 7) is 0.830. The second kappa shape index (κ2) is 10.8. The van der Waals surface area contributed by atoms with Crippen LogP contribution in [0.5, 0.6) is 17.2 Å². The van der Waals surface area contributed by atoms with E-state index in [1.807, 2.05) is 52.7 Å². The van der Waals surface area contributed by atoms with Crippen LogP contribution in [0, 0.1) is 0 Å². The van der Waals surface area contributed by atoms with Gasteiger partial charge in [-0.3, -0.25) is 4.79 Å². The quantitative estimate of drug-likeness (QED) is 0.483. The van der Waals surface area contributed by atoms with Crippen LogP contribution in [-0.2, 0) is 11.2 Å². The summed E-state index contributed by atoms with van der Waals surface area (Å²) in [6, 6.07) is 12.8. The first-order chi connectivity index (χ1) is 16.5. The summed E-state index contributed by atoms with van der Waals surface area (Å²) in [6.07, 6.45) is 0.420. The van der Waals surface area contributed by atoms with Crippen LogP contribution in [0.25, 0.3) is 11.3 Å². The highest BCUT2D eigenvalue weighted by Gasteiger charge is 2.37. The van der Waals surface area contributed by atoms with E-state index in [4.69, 9.17) is 19.2 Å². The average Bonchev–Trinajstić information content (AvgIpc) is 3.50. The summed E-state index contributed by atoms with van der Waals surface area (Å²) in [5.41, 5.74) is 2.57. The molecule has 0 spiro atoms. The number of amides is 1. The van der Waals surface area contributed by atoms with Crippen LogP contribution in [0.4, 0.5) is 5.13 Å². The van der Waals surface area contributed by atoms with Gasteiger partial charge < -0.3 is 29.5 Å². The third-order valence-electron chi connectivity index (χ3n) is 5.89. The van der Waals surface area contributed by atoms with E-state index >= 15 is 0 Å². The van der Waals surface area contributed by atoms with Crippen LogP contribution in [0.15, 0.2) is 47.8 Å². The highest BCUT2D eigenvalue weighted by molar-refractivity contribution is 7.14. The number of benzene rings is 2. The Morgan fingerprint density at radius 1 is 1.15 bits per heavy atom. The molecule has 0 bridgehead atoms. The molecule has 1 aromatic heterocycles. The van der Waals surface area contributed by atoms with E-state index in [1.54, 1.807) is 21.3 Å². The van der Waals surface area contributed by atoms with Crippen molar-refractivity contribution >= 4 is 22.4 Å². The lowest BCUT2D eigenvalue weighted by molar-refractivity contribution is -0.122. The number of thiazole rings is 1. The lowest BCUT2D eigenvalue weighted by Gasteiger charge is -2.23. The van der Waals surface area contributed by atoms with E-state index in [-0.39, 0.29) is 5.91 Å². The second-order valence-electron chi connectivity index (χ2n) is 7.99. The molecule has 8 nitrogen and oxygen atoms in total. The predicted octanol–water partition coefficient (Wildman–Crippen LogP) is 3.13. The first-order valence-corrected chi connectivity index (χ1v) is 11.9. The summed E-state index contributed by atoms with van der Waals surface area (Å²) in [7, 11) is 4.86. The molecule has 2 N–H and O–H groups in total. The SMILES string of the molecule is COc1ccc(OC)c(-c2csc(N3CC(O)C[C@H]3C(=O)NCCc3ccccc3OC)n2)c1. The van der Waals surface area contributed by atoms with Gasteiger partial charge in [0.25, 0.3) is 0 Å². The molecule has 0 saturated carbocycles. The largest absolute Gasteiger partial charge is 0.497 e. The van der Waals surface area contributed by atoms with Gasteiger partial charge in [0, 0.05) is 30.5 Å². The molecule has 2 atom stereocenters. The Morgan fingerprint density at radius 3 is 2.71 bits per heavy atom. The summed E-state index contributed by atoms with van der Waals surface area (Å²) < 4.78 is 16.2. The fourth-order valence-corrected chi connectivity index (χ4v) is 5.04. The van der Waals surface area contributed by atoms with E-state index in [0.717, 1.165) is 22.6 Å². The molecule has 0 radical (unpaired) electrons. The monoisotopic (exact) mass is 483 g/mol. The molecule has 1 amide bonds. The molecule has 1 saturated heterocycles. The number of hydrogen-bond acceptors (Lipinski definition) is 8. The molecule has 1 aliphatic heterocycles. The van der Waals surface area contributed by atoms with Crippen LogP contribution >= 0.6 is 11.3 Å². The minimum atomic E-state index is -0.594. The number of methoxy groups -OCH3 is 3. The van der Waals surface area contributed by atoms with Gasteiger partial charge in [-0.25, -0.2) is 4.98 Å². The first kappa shape index (κ1) is 23.8. The number of hydrogen-bond donors (Lipinski definition) is 2. The Bertz CT molecular complexity index is 1140. The van der Waals surface area contributed by atoms with Crippen LogP contribution < -0.4 is 24.4 Å². The Labute approximate surface area is 203 Å². The molecule has 2 aromatic carbocycles. The van der Waals surface area contributed by atoms with Gasteiger partial charge in [0.1, 0.15) is 23.3 Å². The number of rotatable bonds is 9. The van der Waals surface area contributed by atoms with Gasteiger partial charge in [0.05, 0.1) is 33.1 Å². The summed E-state index contributed by atoms with van der Waals surface area (Å²) >= 11 is 1.43. The Kier molecular flexibility index (Phi) is 7.54. The van der Waals surface area contributed by atoms with Crippen molar-refractivity contribution in [1.29, 1.82) is 0 Å². The molecule has 4 rings (SSSR count). The van der Waals surface area contributed by atoms with E-state index in [1.165, 1.54) is 11.3 Å². The maximum Gasteiger partial charge on any atom is 0.242 e. The fourth-order valence-electron chi connectivity index (χ4n) is 4.16. The van der Waals surface area contributed by atoms with Crippen molar-refractivity contribution in [1.82, 2.24) is 10.3 Å². The number of nitrogens with one attached hydrogen (secondary N) is 1. The smallest absolute Gasteiger partial charge is 0.242 e. The Hall–Kier alpha value is -3.30. The Morgan fingerprint density at radius 2 is 1.94 bits per heavy atom. The zero-order chi connectivity index (χ0) is 24.1. The van der Waals surface area contributed by atoms with Crippen molar-refractivity contribution in [3.63, 3.8) is 0 Å². The lowest BCUT2D eigenvalue weighted by Crippen LogP contribution is -2.44. The number of carbonyl (C=O) groups excluding carboxylic acids is 1. The van der Waals surface area contributed by atoms with Gasteiger partial charge in [0.15, 0.2) is 5.13 Å². The third-order valence-corrected chi connectivity index (χ3v) is 6.77. The first-order valence-electron chi connectivity index (χ1n) is 11.1. The van der Waals surface area contributed by atoms with Crippen molar-refractivity contribution < 1.29 is 24.1 Å². The zero-order valence-electron chi connectivity index (χ0n) is 19.5. The molecule has 1 unspecified atom stereocenters. The van der Waals surface area contributed by atoms with Gasteiger partial charge in [-0.1, -0.05) is 18.2 Å². The maximum atomic E-state index is 13.0. The average molecular weight is 484 g/mol. The summed E-state index contributed by atoms with van der Waals surface area (Å²) in [5, 5.41) is 15.9. The van der Waals surface area contributed by atoms with Crippen LogP contribution in [0.1, 0.15) is 12.0 Å². The van der Waals surface area contributed by atoms with Gasteiger partial charge >= 0.3 is 0 Å². The van der Waals surface area contributed by atoms with E-state index < -0.39 is 12.1 Å². The van der Waals surface area contributed by atoms with Crippen molar-refractivity contribution in [3.8, 4) is 28.5 Å². The molecule has 1 aliphatic rings. The molecular weight excluding hydrogens is 454 g/mol. The Balaban J connectivity index is 1.47. The summed E-state index contributed by atoms with van der Waals surface area (Å²) in [4.78, 5) is 19.7. The molecule has 0 aliphatic carbocycles. The number of aliphatic hydroxyl groups is 1. The van der Waals surface area contributed by atoms with E-state index in [9.17, 15) is 9.90 Å². The van der Waals surface area contributed by atoms with Crippen molar-refractivity contribution in [3.05, 3.63) is 53.4 Å². The van der Waals surface area contributed by atoms with E-state index in [0.29, 0.717) is 42.6 Å². The topological polar surface area (TPSA) is 93.2 Å². The van der Waals surface area contributed by atoms with Gasteiger partial charge in [-0.05, 0) is 36.2 Å². The summed E-state index contributed by atoms with van der Waals surface area (Å²) in [5.74, 6) is 2.07. The molecule has 180 valence electrons. The highest BCUT2D eigenvalue weighted by Crippen LogP contribution is 2.37. The van der Waals surface area contributed by atoms with Crippen molar-refractivity contribution in [2.24, 2.45) is 0 Å². The molecule has 9 heteroatoms. The number of nitrogens with zero attached hydrogens (tertiary/aromatic N) is 2. The molecule has 1 fully saturated rings. The number of aliphatic hydroxyl groups excluding tert-OH is 1. The lowest BCUT2D eigenvalue weighted by atomic mass is 10.1. The minimum Gasteiger partial charge on any atom is -0.497 e. The standard InChI is InChI=1S/C25H29N3O5S/c1-31-18-8-9-23(33-3)19(13-18)20-15-34-25(27-20)28-14-17(29)12-21(28)24(30)26-11-10-16-6-4-5-7-22(16)32-2/h4-9,13,15,17,21,29H,10-12,14H2,1-3H3,(H,26,30)/t17?,21-/m0/s1. The number of anilines is 1. The number of aromatic nitrogens is 1. The van der Waals surface area contributed by atoms with Crippen LogP contribution in [-0.4, -0.2) is 62.6 Å².